The lowest BCUT2D eigenvalue weighted by Gasteiger charge is -2.23. The maximum Gasteiger partial charge on any atom is 0.169 e. The predicted molar refractivity (Wildman–Crippen MR) is 36.2 cm³/mol. The summed E-state index contributed by atoms with van der Waals surface area (Å²) in [6, 6.07) is 0.0509. The molecule has 0 aliphatic carbocycles. The van der Waals surface area contributed by atoms with Crippen molar-refractivity contribution >= 4 is 0 Å². The Kier molecular flexibility index (Phi) is 3.77. The van der Waals surface area contributed by atoms with Gasteiger partial charge in [0.15, 0.2) is 6.29 Å². The number of aliphatic hydroxyl groups is 1. The Morgan fingerprint density at radius 2 is 1.89 bits per heavy atom. The average molecular weight is 133 g/mol. The molecule has 0 fully saturated rings. The molecule has 2 atom stereocenters. The number of nitrogens with zero attached hydrogens (tertiary/aromatic N) is 1. The average Bonchev–Trinajstić information content (AvgIpc) is 1.84. The van der Waals surface area contributed by atoms with Gasteiger partial charge in [0.05, 0.1) is 6.04 Å². The van der Waals surface area contributed by atoms with E-state index in [-0.39, 0.29) is 6.04 Å². The van der Waals surface area contributed by atoms with Crippen LogP contribution >= 0.6 is 0 Å². The van der Waals surface area contributed by atoms with Gasteiger partial charge < -0.3 is 14.7 Å². The highest BCUT2D eigenvalue weighted by molar-refractivity contribution is 4.60. The van der Waals surface area contributed by atoms with Gasteiger partial charge >= 0.3 is 0 Å². The van der Waals surface area contributed by atoms with Crippen LogP contribution in [0.4, 0.5) is 0 Å². The van der Waals surface area contributed by atoms with Gasteiger partial charge in [0.25, 0.3) is 0 Å². The summed E-state index contributed by atoms with van der Waals surface area (Å²) in [5.41, 5.74) is 0. The molecule has 0 aromatic heterocycles. The van der Waals surface area contributed by atoms with Crippen molar-refractivity contribution in [1.29, 1.82) is 0 Å². The lowest BCUT2D eigenvalue weighted by molar-refractivity contribution is -0.112. The molecule has 0 saturated heterocycles. The highest BCUT2D eigenvalue weighted by Gasteiger charge is 2.13. The highest BCUT2D eigenvalue weighted by atomic mass is 16.6. The quantitative estimate of drug-likeness (QED) is 0.546. The summed E-state index contributed by atoms with van der Waals surface area (Å²) in [6.45, 7) is 1.90. The van der Waals surface area contributed by atoms with E-state index in [0.717, 1.165) is 0 Å². The van der Waals surface area contributed by atoms with Crippen LogP contribution in [0.5, 0.6) is 0 Å². The fourth-order valence-electron chi connectivity index (χ4n) is 0.452. The Hall–Kier alpha value is -0.120. The van der Waals surface area contributed by atoms with Crippen LogP contribution in [0.3, 0.4) is 0 Å². The largest absolute Gasteiger partial charge is 0.367 e. The van der Waals surface area contributed by atoms with Crippen molar-refractivity contribution in [2.24, 2.45) is 0 Å². The highest BCUT2D eigenvalue weighted by Crippen LogP contribution is 1.98. The first-order valence-electron chi connectivity index (χ1n) is 2.97. The van der Waals surface area contributed by atoms with Crippen LogP contribution in [0.15, 0.2) is 0 Å². The Morgan fingerprint density at radius 3 is 2.00 bits per heavy atom. The number of hydrogen-bond donors (Lipinski definition) is 1. The molecule has 0 amide bonds. The summed E-state index contributed by atoms with van der Waals surface area (Å²) in [5.74, 6) is 0. The van der Waals surface area contributed by atoms with E-state index in [9.17, 15) is 0 Å². The number of likely N-dealkylation sites (N-methyl/N-ethyl adjacent to an activating group) is 1. The van der Waals surface area contributed by atoms with Gasteiger partial charge in [0.2, 0.25) is 0 Å². The van der Waals surface area contributed by atoms with Crippen molar-refractivity contribution in [3.05, 3.63) is 0 Å². The predicted octanol–water partition coefficient (Wildman–Crippen LogP) is -0.0987. The molecule has 0 rings (SSSR count). The Labute approximate surface area is 56.2 Å². The van der Waals surface area contributed by atoms with Gasteiger partial charge in [0, 0.05) is 7.11 Å². The number of ether oxygens (including phenoxy) is 1. The molecule has 0 heterocycles. The van der Waals surface area contributed by atoms with Crippen LogP contribution in [-0.2, 0) is 4.74 Å². The maximum atomic E-state index is 9.03. The second-order valence-corrected chi connectivity index (χ2v) is 2.33. The molecule has 2 unspecified atom stereocenters. The van der Waals surface area contributed by atoms with E-state index < -0.39 is 6.29 Å². The number of methoxy groups -OCH3 is 1. The molecule has 0 radical (unpaired) electrons. The summed E-state index contributed by atoms with van der Waals surface area (Å²) in [6.07, 6.45) is -0.681. The van der Waals surface area contributed by atoms with Crippen molar-refractivity contribution in [1.82, 2.24) is 4.90 Å². The summed E-state index contributed by atoms with van der Waals surface area (Å²) >= 11 is 0. The van der Waals surface area contributed by atoms with E-state index in [0.29, 0.717) is 0 Å². The first-order chi connectivity index (χ1) is 4.09. The van der Waals surface area contributed by atoms with Gasteiger partial charge in [0.1, 0.15) is 0 Å². The van der Waals surface area contributed by atoms with Crippen molar-refractivity contribution in [2.75, 3.05) is 21.2 Å². The van der Waals surface area contributed by atoms with E-state index in [2.05, 4.69) is 4.74 Å². The van der Waals surface area contributed by atoms with Gasteiger partial charge in [-0.2, -0.15) is 0 Å². The molecule has 9 heavy (non-hydrogen) atoms. The lowest BCUT2D eigenvalue weighted by Crippen LogP contribution is -2.37. The van der Waals surface area contributed by atoms with Crippen LogP contribution in [0.2, 0.25) is 0 Å². The zero-order valence-electron chi connectivity index (χ0n) is 6.46. The van der Waals surface area contributed by atoms with E-state index in [4.69, 9.17) is 5.11 Å². The van der Waals surface area contributed by atoms with Gasteiger partial charge in [-0.15, -0.1) is 0 Å². The zero-order chi connectivity index (χ0) is 7.44. The summed E-state index contributed by atoms with van der Waals surface area (Å²) < 4.78 is 4.69. The minimum absolute atomic E-state index is 0.0509. The fourth-order valence-corrected chi connectivity index (χ4v) is 0.452. The van der Waals surface area contributed by atoms with Crippen molar-refractivity contribution in [3.8, 4) is 0 Å². The van der Waals surface area contributed by atoms with Crippen LogP contribution < -0.4 is 0 Å². The summed E-state index contributed by atoms with van der Waals surface area (Å²) in [4.78, 5) is 1.90. The van der Waals surface area contributed by atoms with Crippen molar-refractivity contribution in [2.45, 2.75) is 19.3 Å². The molecular formula is C6H15NO2. The number of rotatable bonds is 3. The number of aliphatic hydroxyl groups excluding tert-OH is 1. The zero-order valence-corrected chi connectivity index (χ0v) is 6.46. The monoisotopic (exact) mass is 133 g/mol. The lowest BCUT2D eigenvalue weighted by atomic mass is 10.3. The Morgan fingerprint density at radius 1 is 1.44 bits per heavy atom. The SMILES string of the molecule is COC(O)C(C)N(C)C. The standard InChI is InChI=1S/C6H15NO2/c1-5(7(2)3)6(8)9-4/h5-6,8H,1-4H3. The molecular weight excluding hydrogens is 118 g/mol. The third kappa shape index (κ3) is 2.79. The molecule has 0 spiro atoms. The second kappa shape index (κ2) is 3.82. The smallest absolute Gasteiger partial charge is 0.169 e. The minimum atomic E-state index is -0.681. The molecule has 3 heteroatoms. The molecule has 0 aromatic carbocycles. The van der Waals surface area contributed by atoms with E-state index >= 15 is 0 Å². The third-order valence-electron chi connectivity index (χ3n) is 1.47. The number of hydrogen-bond acceptors (Lipinski definition) is 3. The van der Waals surface area contributed by atoms with E-state index in [1.165, 1.54) is 7.11 Å². The molecule has 0 bridgehead atoms. The Bertz CT molecular complexity index is 75.5. The molecule has 0 saturated carbocycles. The molecule has 0 aliphatic rings. The first kappa shape index (κ1) is 8.88. The second-order valence-electron chi connectivity index (χ2n) is 2.33. The minimum Gasteiger partial charge on any atom is -0.367 e. The fraction of sp³-hybridized carbons (Fsp3) is 1.00. The van der Waals surface area contributed by atoms with Crippen LogP contribution in [0.25, 0.3) is 0 Å². The van der Waals surface area contributed by atoms with Gasteiger partial charge in [-0.05, 0) is 21.0 Å². The van der Waals surface area contributed by atoms with Crippen LogP contribution in [0.1, 0.15) is 6.92 Å². The Balaban J connectivity index is 3.58. The van der Waals surface area contributed by atoms with Crippen LogP contribution in [0, 0.1) is 0 Å². The molecule has 3 nitrogen and oxygen atoms in total. The third-order valence-corrected chi connectivity index (χ3v) is 1.47. The van der Waals surface area contributed by atoms with E-state index in [1.54, 1.807) is 0 Å². The summed E-state index contributed by atoms with van der Waals surface area (Å²) in [5, 5.41) is 9.03. The summed E-state index contributed by atoms with van der Waals surface area (Å²) in [7, 11) is 5.28. The molecule has 0 aliphatic heterocycles. The topological polar surface area (TPSA) is 32.7 Å². The van der Waals surface area contributed by atoms with Gasteiger partial charge in [-0.3, -0.25) is 0 Å². The van der Waals surface area contributed by atoms with Crippen molar-refractivity contribution < 1.29 is 9.84 Å². The molecule has 0 aromatic rings. The maximum absolute atomic E-state index is 9.03. The van der Waals surface area contributed by atoms with Gasteiger partial charge in [-0.25, -0.2) is 0 Å². The van der Waals surface area contributed by atoms with Crippen molar-refractivity contribution in [3.63, 3.8) is 0 Å². The molecule has 56 valence electrons. The van der Waals surface area contributed by atoms with E-state index in [1.807, 2.05) is 25.9 Å². The molecule has 1 N–H and O–H groups in total. The van der Waals surface area contributed by atoms with Crippen LogP contribution in [-0.4, -0.2) is 43.5 Å². The normalized spacial score (nSPS) is 18.0. The van der Waals surface area contributed by atoms with Gasteiger partial charge in [-0.1, -0.05) is 0 Å². The first-order valence-corrected chi connectivity index (χ1v) is 2.97.